The molecule has 1 unspecified atom stereocenters. The summed E-state index contributed by atoms with van der Waals surface area (Å²) >= 11 is 0. The number of fused-ring (bicyclic) bond motifs is 1. The molecule has 2 heterocycles. The number of rotatable bonds is 3. The van der Waals surface area contributed by atoms with Gasteiger partial charge in [0.1, 0.15) is 13.2 Å². The molecule has 2 amide bonds. The molecule has 0 radical (unpaired) electrons. The average Bonchev–Trinajstić information content (AvgIpc) is 2.54. The molecule has 0 aliphatic carbocycles. The zero-order valence-corrected chi connectivity index (χ0v) is 14.3. The minimum Gasteiger partial charge on any atom is -0.486 e. The minimum atomic E-state index is -3.23. The van der Waals surface area contributed by atoms with Crippen LogP contribution in [0.5, 0.6) is 11.5 Å². The van der Waals surface area contributed by atoms with E-state index < -0.39 is 10.0 Å². The van der Waals surface area contributed by atoms with Crippen LogP contribution in [0.3, 0.4) is 0 Å². The number of amides is 2. The van der Waals surface area contributed by atoms with Crippen molar-refractivity contribution in [2.75, 3.05) is 37.9 Å². The van der Waals surface area contributed by atoms with Crippen molar-refractivity contribution in [3.8, 4) is 11.5 Å². The quantitative estimate of drug-likeness (QED) is 0.843. The summed E-state index contributed by atoms with van der Waals surface area (Å²) in [5.41, 5.74) is 0.590. The maximum absolute atomic E-state index is 12.1. The molecular weight excluding hydrogens is 334 g/mol. The van der Waals surface area contributed by atoms with E-state index in [0.717, 1.165) is 12.8 Å². The van der Waals surface area contributed by atoms with Gasteiger partial charge in [-0.25, -0.2) is 17.5 Å². The first-order chi connectivity index (χ1) is 11.4. The van der Waals surface area contributed by atoms with Crippen LogP contribution in [0.2, 0.25) is 0 Å². The van der Waals surface area contributed by atoms with Crippen molar-refractivity contribution in [3.63, 3.8) is 0 Å². The van der Waals surface area contributed by atoms with Gasteiger partial charge < -0.3 is 20.1 Å². The van der Waals surface area contributed by atoms with Crippen LogP contribution in [-0.4, -0.2) is 57.4 Å². The molecule has 2 aliphatic heterocycles. The standard InChI is InChI=1S/C15H21N3O5S/c1-24(20,21)18-6-2-3-12(10-18)17-15(19)16-11-4-5-13-14(9-11)23-8-7-22-13/h4-5,9,12H,2-3,6-8,10H2,1H3,(H2,16,17,19). The molecule has 0 bridgehead atoms. The van der Waals surface area contributed by atoms with Crippen molar-refractivity contribution in [2.24, 2.45) is 0 Å². The first-order valence-electron chi connectivity index (χ1n) is 7.84. The van der Waals surface area contributed by atoms with E-state index in [4.69, 9.17) is 9.47 Å². The van der Waals surface area contributed by atoms with E-state index in [9.17, 15) is 13.2 Å². The van der Waals surface area contributed by atoms with E-state index in [-0.39, 0.29) is 12.1 Å². The van der Waals surface area contributed by atoms with Gasteiger partial charge in [0.05, 0.1) is 6.26 Å². The second-order valence-corrected chi connectivity index (χ2v) is 7.90. The smallest absolute Gasteiger partial charge is 0.319 e. The zero-order valence-electron chi connectivity index (χ0n) is 13.4. The van der Waals surface area contributed by atoms with Gasteiger partial charge in [0.15, 0.2) is 11.5 Å². The van der Waals surface area contributed by atoms with Gasteiger partial charge in [0, 0.05) is 30.9 Å². The number of benzene rings is 1. The number of hydrogen-bond donors (Lipinski definition) is 2. The Morgan fingerprint density at radius 3 is 2.75 bits per heavy atom. The topological polar surface area (TPSA) is 97.0 Å². The molecular formula is C15H21N3O5S. The molecule has 2 aliphatic rings. The zero-order chi connectivity index (χ0) is 17.2. The lowest BCUT2D eigenvalue weighted by Crippen LogP contribution is -2.50. The van der Waals surface area contributed by atoms with Crippen LogP contribution in [0.25, 0.3) is 0 Å². The molecule has 0 spiro atoms. The van der Waals surface area contributed by atoms with Gasteiger partial charge >= 0.3 is 6.03 Å². The Hall–Kier alpha value is -2.00. The van der Waals surface area contributed by atoms with E-state index in [1.54, 1.807) is 18.2 Å². The van der Waals surface area contributed by atoms with Crippen LogP contribution < -0.4 is 20.1 Å². The summed E-state index contributed by atoms with van der Waals surface area (Å²) < 4.78 is 35.5. The molecule has 0 aromatic heterocycles. The molecule has 9 heteroatoms. The predicted octanol–water partition coefficient (Wildman–Crippen LogP) is 1.00. The second-order valence-electron chi connectivity index (χ2n) is 5.92. The average molecular weight is 355 g/mol. The summed E-state index contributed by atoms with van der Waals surface area (Å²) in [6.07, 6.45) is 2.66. The summed E-state index contributed by atoms with van der Waals surface area (Å²) in [6, 6.07) is 4.61. The largest absolute Gasteiger partial charge is 0.486 e. The van der Waals surface area contributed by atoms with E-state index in [1.165, 1.54) is 10.6 Å². The number of nitrogens with one attached hydrogen (secondary N) is 2. The van der Waals surface area contributed by atoms with Crippen LogP contribution in [0.15, 0.2) is 18.2 Å². The monoisotopic (exact) mass is 355 g/mol. The highest BCUT2D eigenvalue weighted by atomic mass is 32.2. The molecule has 2 N–H and O–H groups in total. The van der Waals surface area contributed by atoms with Crippen molar-refractivity contribution < 1.29 is 22.7 Å². The molecule has 3 rings (SSSR count). The highest BCUT2D eigenvalue weighted by Crippen LogP contribution is 2.32. The number of hydrogen-bond acceptors (Lipinski definition) is 5. The Morgan fingerprint density at radius 1 is 1.25 bits per heavy atom. The minimum absolute atomic E-state index is 0.203. The number of nitrogens with zero attached hydrogens (tertiary/aromatic N) is 1. The van der Waals surface area contributed by atoms with Crippen LogP contribution in [0, 0.1) is 0 Å². The van der Waals surface area contributed by atoms with E-state index in [1.807, 2.05) is 0 Å². The van der Waals surface area contributed by atoms with Crippen molar-refractivity contribution in [2.45, 2.75) is 18.9 Å². The highest BCUT2D eigenvalue weighted by molar-refractivity contribution is 7.88. The number of carbonyl (C=O) groups excluding carboxylic acids is 1. The van der Waals surface area contributed by atoms with Gasteiger partial charge in [0.25, 0.3) is 0 Å². The maximum atomic E-state index is 12.1. The lowest BCUT2D eigenvalue weighted by atomic mass is 10.1. The van der Waals surface area contributed by atoms with Crippen molar-refractivity contribution >= 4 is 21.7 Å². The number of piperidine rings is 1. The third-order valence-corrected chi connectivity index (χ3v) is 5.26. The van der Waals surface area contributed by atoms with Gasteiger partial charge in [0.2, 0.25) is 10.0 Å². The third-order valence-electron chi connectivity index (χ3n) is 3.99. The van der Waals surface area contributed by atoms with Gasteiger partial charge in [-0.3, -0.25) is 0 Å². The Bertz CT molecular complexity index is 722. The number of urea groups is 1. The Kier molecular flexibility index (Phi) is 4.81. The molecule has 1 fully saturated rings. The molecule has 1 atom stereocenters. The first-order valence-corrected chi connectivity index (χ1v) is 9.69. The van der Waals surface area contributed by atoms with Crippen LogP contribution >= 0.6 is 0 Å². The molecule has 132 valence electrons. The maximum Gasteiger partial charge on any atom is 0.319 e. The van der Waals surface area contributed by atoms with Crippen molar-refractivity contribution in [3.05, 3.63) is 18.2 Å². The van der Waals surface area contributed by atoms with Crippen molar-refractivity contribution in [1.29, 1.82) is 0 Å². The fourth-order valence-electron chi connectivity index (χ4n) is 2.84. The van der Waals surface area contributed by atoms with Gasteiger partial charge in [-0.05, 0) is 25.0 Å². The Morgan fingerprint density at radius 2 is 2.00 bits per heavy atom. The molecule has 24 heavy (non-hydrogen) atoms. The molecule has 1 saturated heterocycles. The fraction of sp³-hybridized carbons (Fsp3) is 0.533. The first kappa shape index (κ1) is 16.8. The van der Waals surface area contributed by atoms with Crippen LogP contribution in [-0.2, 0) is 10.0 Å². The molecule has 0 saturated carbocycles. The lowest BCUT2D eigenvalue weighted by Gasteiger charge is -2.31. The SMILES string of the molecule is CS(=O)(=O)N1CCCC(NC(=O)Nc2ccc3c(c2)OCCO3)C1. The number of ether oxygens (including phenoxy) is 2. The van der Waals surface area contributed by atoms with E-state index in [0.29, 0.717) is 43.5 Å². The number of carbonyl (C=O) groups is 1. The van der Waals surface area contributed by atoms with Gasteiger partial charge in [-0.1, -0.05) is 0 Å². The Balaban J connectivity index is 1.57. The fourth-order valence-corrected chi connectivity index (χ4v) is 3.75. The Labute approximate surface area is 141 Å². The molecule has 1 aromatic carbocycles. The summed E-state index contributed by atoms with van der Waals surface area (Å²) in [5, 5.41) is 5.56. The normalized spacial score (nSPS) is 21.1. The summed E-state index contributed by atoms with van der Waals surface area (Å²) in [4.78, 5) is 12.1. The molecule has 8 nitrogen and oxygen atoms in total. The summed E-state index contributed by atoms with van der Waals surface area (Å²) in [6.45, 7) is 1.79. The number of anilines is 1. The third kappa shape index (κ3) is 4.09. The highest BCUT2D eigenvalue weighted by Gasteiger charge is 2.26. The van der Waals surface area contributed by atoms with E-state index >= 15 is 0 Å². The predicted molar refractivity (Wildman–Crippen MR) is 89.0 cm³/mol. The lowest BCUT2D eigenvalue weighted by molar-refractivity contribution is 0.171. The van der Waals surface area contributed by atoms with Gasteiger partial charge in [-0.2, -0.15) is 0 Å². The molecule has 1 aromatic rings. The van der Waals surface area contributed by atoms with Crippen LogP contribution in [0.4, 0.5) is 10.5 Å². The second kappa shape index (κ2) is 6.86. The summed E-state index contributed by atoms with van der Waals surface area (Å²) in [5.74, 6) is 1.25. The number of sulfonamides is 1. The summed E-state index contributed by atoms with van der Waals surface area (Å²) in [7, 11) is -3.23. The van der Waals surface area contributed by atoms with Gasteiger partial charge in [-0.15, -0.1) is 0 Å². The van der Waals surface area contributed by atoms with Crippen molar-refractivity contribution in [1.82, 2.24) is 9.62 Å². The van der Waals surface area contributed by atoms with Crippen LogP contribution in [0.1, 0.15) is 12.8 Å². The van der Waals surface area contributed by atoms with E-state index in [2.05, 4.69) is 10.6 Å².